The van der Waals surface area contributed by atoms with Crippen LogP contribution in [0.3, 0.4) is 0 Å². The number of aromatic nitrogens is 1. The fourth-order valence-electron chi connectivity index (χ4n) is 1.71. The number of nitrogens with one attached hydrogen (secondary N) is 1. The van der Waals surface area contributed by atoms with Crippen LogP contribution >= 0.6 is 11.6 Å². The largest absolute Gasteiger partial charge is 0.304 e. The molecule has 0 aliphatic rings. The monoisotopic (exact) mass is 333 g/mol. The normalized spacial score (nSPS) is 12.3. The average molecular weight is 334 g/mol. The summed E-state index contributed by atoms with van der Waals surface area (Å²) in [6.07, 6.45) is 3.04. The van der Waals surface area contributed by atoms with E-state index in [1.165, 1.54) is 12.3 Å². The molecule has 0 spiro atoms. The van der Waals surface area contributed by atoms with E-state index in [-0.39, 0.29) is 4.90 Å². The minimum atomic E-state index is -3.50. The second-order valence-corrected chi connectivity index (χ2v) is 7.58. The predicted octanol–water partition coefficient (Wildman–Crippen LogP) is 2.44. The molecule has 120 valence electrons. The van der Waals surface area contributed by atoms with Crippen molar-refractivity contribution in [2.45, 2.75) is 44.6 Å². The average Bonchev–Trinajstić information content (AvgIpc) is 2.40. The summed E-state index contributed by atoms with van der Waals surface area (Å²) in [6.45, 7) is 7.39. The molecule has 0 radical (unpaired) electrons. The molecule has 0 bridgehead atoms. The lowest BCUT2D eigenvalue weighted by atomic mass is 10.2. The van der Waals surface area contributed by atoms with Crippen LogP contribution in [0.1, 0.15) is 32.3 Å². The number of nitrogens with zero attached hydrogens (tertiary/aromatic N) is 2. The number of hydrogen-bond acceptors (Lipinski definition) is 4. The van der Waals surface area contributed by atoms with Crippen molar-refractivity contribution in [3.63, 3.8) is 0 Å². The smallest absolute Gasteiger partial charge is 0.242 e. The van der Waals surface area contributed by atoms with E-state index in [0.29, 0.717) is 23.3 Å². The van der Waals surface area contributed by atoms with E-state index in [0.717, 1.165) is 19.4 Å². The standard InChI is InChI=1S/C14H24ClN3O2S/c1-11(2)18(4)8-6-5-7-17-21(19,20)13-9-12(3)14(15)16-10-13/h9-11,17H,5-8H2,1-4H3. The molecule has 1 aromatic rings. The zero-order valence-corrected chi connectivity index (χ0v) is 14.6. The Morgan fingerprint density at radius 2 is 2.05 bits per heavy atom. The Labute approximate surface area is 132 Å². The van der Waals surface area contributed by atoms with Gasteiger partial charge in [-0.1, -0.05) is 11.6 Å². The van der Waals surface area contributed by atoms with Gasteiger partial charge < -0.3 is 4.90 Å². The highest BCUT2D eigenvalue weighted by atomic mass is 35.5. The van der Waals surface area contributed by atoms with Crippen LogP contribution in [0.4, 0.5) is 0 Å². The Bertz CT molecular complexity index is 561. The predicted molar refractivity (Wildman–Crippen MR) is 86.2 cm³/mol. The van der Waals surface area contributed by atoms with Crippen LogP contribution in [-0.2, 0) is 10.0 Å². The van der Waals surface area contributed by atoms with Gasteiger partial charge in [-0.3, -0.25) is 0 Å². The summed E-state index contributed by atoms with van der Waals surface area (Å²) in [6, 6.07) is 2.04. The highest BCUT2D eigenvalue weighted by molar-refractivity contribution is 7.89. The van der Waals surface area contributed by atoms with Gasteiger partial charge in [-0.05, 0) is 58.8 Å². The molecule has 0 aliphatic carbocycles. The van der Waals surface area contributed by atoms with E-state index >= 15 is 0 Å². The molecule has 1 aromatic heterocycles. The van der Waals surface area contributed by atoms with Gasteiger partial charge in [0.25, 0.3) is 0 Å². The summed E-state index contributed by atoms with van der Waals surface area (Å²) in [5.41, 5.74) is 0.651. The topological polar surface area (TPSA) is 62.3 Å². The van der Waals surface area contributed by atoms with E-state index in [4.69, 9.17) is 11.6 Å². The minimum Gasteiger partial charge on any atom is -0.304 e. The zero-order chi connectivity index (χ0) is 16.0. The highest BCUT2D eigenvalue weighted by Gasteiger charge is 2.15. The molecule has 1 N–H and O–H groups in total. The Morgan fingerprint density at radius 1 is 1.38 bits per heavy atom. The van der Waals surface area contributed by atoms with Crippen LogP contribution in [0.25, 0.3) is 0 Å². The second kappa shape index (κ2) is 8.08. The highest BCUT2D eigenvalue weighted by Crippen LogP contribution is 2.16. The third-order valence-electron chi connectivity index (χ3n) is 3.41. The lowest BCUT2D eigenvalue weighted by Gasteiger charge is -2.20. The number of aryl methyl sites for hydroxylation is 1. The van der Waals surface area contributed by atoms with Crippen LogP contribution in [0.2, 0.25) is 5.15 Å². The molecular formula is C14H24ClN3O2S. The first-order valence-electron chi connectivity index (χ1n) is 7.06. The number of hydrogen-bond donors (Lipinski definition) is 1. The summed E-state index contributed by atoms with van der Waals surface area (Å²) in [7, 11) is -1.43. The van der Waals surface area contributed by atoms with Crippen molar-refractivity contribution >= 4 is 21.6 Å². The van der Waals surface area contributed by atoms with Crippen LogP contribution in [0, 0.1) is 6.92 Å². The lowest BCUT2D eigenvalue weighted by molar-refractivity contribution is 0.268. The first-order valence-corrected chi connectivity index (χ1v) is 8.92. The SMILES string of the molecule is Cc1cc(S(=O)(=O)NCCCCN(C)C(C)C)cnc1Cl. The van der Waals surface area contributed by atoms with Crippen LogP contribution in [0.15, 0.2) is 17.2 Å². The third-order valence-corrected chi connectivity index (χ3v) is 5.23. The molecule has 1 rings (SSSR count). The number of sulfonamides is 1. The summed E-state index contributed by atoms with van der Waals surface area (Å²) in [5, 5.41) is 0.325. The molecule has 0 atom stereocenters. The van der Waals surface area contributed by atoms with Gasteiger partial charge in [0.05, 0.1) is 0 Å². The van der Waals surface area contributed by atoms with Gasteiger partial charge in [0.1, 0.15) is 10.0 Å². The van der Waals surface area contributed by atoms with E-state index in [2.05, 4.69) is 35.5 Å². The molecule has 0 saturated heterocycles. The molecule has 0 amide bonds. The second-order valence-electron chi connectivity index (χ2n) is 5.46. The fraction of sp³-hybridized carbons (Fsp3) is 0.643. The molecule has 1 heterocycles. The Morgan fingerprint density at radius 3 is 2.62 bits per heavy atom. The Kier molecular flexibility index (Phi) is 7.06. The van der Waals surface area contributed by atoms with Crippen LogP contribution < -0.4 is 4.72 Å². The Balaban J connectivity index is 2.45. The van der Waals surface area contributed by atoms with Gasteiger partial charge in [0.2, 0.25) is 10.0 Å². The summed E-state index contributed by atoms with van der Waals surface area (Å²) >= 11 is 5.80. The van der Waals surface area contributed by atoms with E-state index in [9.17, 15) is 8.42 Å². The van der Waals surface area contributed by atoms with Crippen molar-refractivity contribution < 1.29 is 8.42 Å². The van der Waals surface area contributed by atoms with Crippen molar-refractivity contribution in [3.8, 4) is 0 Å². The molecule has 0 fully saturated rings. The number of unbranched alkanes of at least 4 members (excludes halogenated alkanes) is 1. The van der Waals surface area contributed by atoms with Crippen molar-refractivity contribution in [1.82, 2.24) is 14.6 Å². The minimum absolute atomic E-state index is 0.156. The quantitative estimate of drug-likeness (QED) is 0.586. The van der Waals surface area contributed by atoms with Gasteiger partial charge in [-0.2, -0.15) is 0 Å². The van der Waals surface area contributed by atoms with E-state index in [1.807, 2.05) is 0 Å². The number of halogens is 1. The lowest BCUT2D eigenvalue weighted by Crippen LogP contribution is -2.29. The van der Waals surface area contributed by atoms with Crippen LogP contribution in [0.5, 0.6) is 0 Å². The maximum atomic E-state index is 12.1. The molecule has 0 saturated carbocycles. The van der Waals surface area contributed by atoms with E-state index < -0.39 is 10.0 Å². The molecule has 7 heteroatoms. The first-order chi connectivity index (χ1) is 9.74. The van der Waals surface area contributed by atoms with Crippen molar-refractivity contribution in [1.29, 1.82) is 0 Å². The third kappa shape index (κ3) is 5.90. The maximum absolute atomic E-state index is 12.1. The van der Waals surface area contributed by atoms with Gasteiger partial charge in [-0.15, -0.1) is 0 Å². The number of rotatable bonds is 8. The maximum Gasteiger partial charge on any atom is 0.242 e. The van der Waals surface area contributed by atoms with Crippen molar-refractivity contribution in [2.75, 3.05) is 20.1 Å². The van der Waals surface area contributed by atoms with Gasteiger partial charge in [-0.25, -0.2) is 18.1 Å². The number of pyridine rings is 1. The molecular weight excluding hydrogens is 310 g/mol. The van der Waals surface area contributed by atoms with Crippen molar-refractivity contribution in [3.05, 3.63) is 23.0 Å². The van der Waals surface area contributed by atoms with Gasteiger partial charge >= 0.3 is 0 Å². The van der Waals surface area contributed by atoms with Gasteiger partial charge in [0, 0.05) is 18.8 Å². The summed E-state index contributed by atoms with van der Waals surface area (Å²) in [5.74, 6) is 0. The summed E-state index contributed by atoms with van der Waals surface area (Å²) in [4.78, 5) is 6.26. The molecule has 0 unspecified atom stereocenters. The fourth-order valence-corrected chi connectivity index (χ4v) is 2.92. The van der Waals surface area contributed by atoms with Crippen molar-refractivity contribution in [2.24, 2.45) is 0 Å². The van der Waals surface area contributed by atoms with E-state index in [1.54, 1.807) is 6.92 Å². The molecule has 0 aromatic carbocycles. The Hall–Kier alpha value is -0.690. The molecule has 21 heavy (non-hydrogen) atoms. The molecule has 5 nitrogen and oxygen atoms in total. The van der Waals surface area contributed by atoms with Crippen LogP contribution in [-0.4, -0.2) is 44.5 Å². The summed E-state index contributed by atoms with van der Waals surface area (Å²) < 4.78 is 26.8. The first kappa shape index (κ1) is 18.4. The zero-order valence-electron chi connectivity index (χ0n) is 13.1. The van der Waals surface area contributed by atoms with Gasteiger partial charge in [0.15, 0.2) is 0 Å². The molecule has 0 aliphatic heterocycles.